The Bertz CT molecular complexity index is 1400. The van der Waals surface area contributed by atoms with Gasteiger partial charge in [0.2, 0.25) is 0 Å². The Balaban J connectivity index is 1.43. The number of nitrogens with zero attached hydrogens (tertiary/aromatic N) is 4. The fourth-order valence-corrected chi connectivity index (χ4v) is 3.65. The maximum absolute atomic E-state index is 14.0. The molecule has 0 unspecified atom stereocenters. The Labute approximate surface area is 201 Å². The highest BCUT2D eigenvalue weighted by Gasteiger charge is 2.14. The monoisotopic (exact) mass is 479 g/mol. The molecular weight excluding hydrogens is 453 g/mol. The summed E-state index contributed by atoms with van der Waals surface area (Å²) >= 11 is 0. The first kappa shape index (κ1) is 23.9. The molecule has 4 aromatic rings. The van der Waals surface area contributed by atoms with E-state index in [1.165, 1.54) is 23.2 Å². The summed E-state index contributed by atoms with van der Waals surface area (Å²) in [6, 6.07) is 11.3. The molecule has 4 rings (SSSR count). The van der Waals surface area contributed by atoms with Crippen molar-refractivity contribution in [2.24, 2.45) is 0 Å². The van der Waals surface area contributed by atoms with Crippen molar-refractivity contribution in [3.8, 4) is 11.5 Å². The van der Waals surface area contributed by atoms with E-state index in [9.17, 15) is 14.0 Å². The molecular formula is C25H26FN5O4. The van der Waals surface area contributed by atoms with Gasteiger partial charge >= 0.3 is 0 Å². The van der Waals surface area contributed by atoms with Gasteiger partial charge in [-0.05, 0) is 38.1 Å². The molecule has 35 heavy (non-hydrogen) atoms. The van der Waals surface area contributed by atoms with E-state index in [4.69, 9.17) is 9.47 Å². The van der Waals surface area contributed by atoms with Crippen LogP contribution >= 0.6 is 0 Å². The van der Waals surface area contributed by atoms with Crippen molar-refractivity contribution in [3.63, 3.8) is 0 Å². The van der Waals surface area contributed by atoms with E-state index < -0.39 is 0 Å². The summed E-state index contributed by atoms with van der Waals surface area (Å²) in [5, 5.41) is 7.40. The molecule has 1 amide bonds. The van der Waals surface area contributed by atoms with Gasteiger partial charge in [0.1, 0.15) is 17.5 Å². The highest BCUT2D eigenvalue weighted by Crippen LogP contribution is 2.28. The second-order valence-electron chi connectivity index (χ2n) is 7.66. The van der Waals surface area contributed by atoms with Gasteiger partial charge in [-0.25, -0.2) is 14.1 Å². The van der Waals surface area contributed by atoms with Gasteiger partial charge in [0.15, 0.2) is 17.1 Å². The summed E-state index contributed by atoms with van der Waals surface area (Å²) in [6.07, 6.45) is 2.81. The van der Waals surface area contributed by atoms with Gasteiger partial charge in [-0.15, -0.1) is 0 Å². The minimum atomic E-state index is -0.383. The molecule has 0 saturated heterocycles. The van der Waals surface area contributed by atoms with Crippen LogP contribution < -0.4 is 20.3 Å². The molecule has 9 nitrogen and oxygen atoms in total. The molecule has 0 saturated carbocycles. The van der Waals surface area contributed by atoms with Gasteiger partial charge in [-0.2, -0.15) is 5.10 Å². The number of hydrogen-bond acceptors (Lipinski definition) is 6. The summed E-state index contributed by atoms with van der Waals surface area (Å²) in [6.45, 7) is 5.34. The lowest BCUT2D eigenvalue weighted by atomic mass is 10.2. The summed E-state index contributed by atoms with van der Waals surface area (Å²) in [5.41, 5.74) is 0.920. The van der Waals surface area contributed by atoms with Crippen LogP contribution in [0.15, 0.2) is 59.8 Å². The zero-order chi connectivity index (χ0) is 24.8. The lowest BCUT2D eigenvalue weighted by Gasteiger charge is -2.12. The van der Waals surface area contributed by atoms with Crippen molar-refractivity contribution < 1.29 is 18.7 Å². The quantitative estimate of drug-likeness (QED) is 0.375. The molecule has 2 aromatic heterocycles. The number of aromatic nitrogens is 4. The topological polar surface area (TPSA) is 100 Å². The van der Waals surface area contributed by atoms with Crippen molar-refractivity contribution in [1.82, 2.24) is 24.6 Å². The van der Waals surface area contributed by atoms with Gasteiger partial charge in [-0.1, -0.05) is 18.2 Å². The maximum atomic E-state index is 14.0. The smallest absolute Gasteiger partial charge is 0.264 e. The van der Waals surface area contributed by atoms with Gasteiger partial charge in [0.05, 0.1) is 32.5 Å². The van der Waals surface area contributed by atoms with Crippen LogP contribution in [0, 0.1) is 5.82 Å². The zero-order valence-electron chi connectivity index (χ0n) is 19.5. The van der Waals surface area contributed by atoms with E-state index in [2.05, 4.69) is 15.4 Å². The first-order valence-electron chi connectivity index (χ1n) is 11.3. The van der Waals surface area contributed by atoms with Crippen LogP contribution in [0.3, 0.4) is 0 Å². The molecule has 10 heteroatoms. The first-order valence-corrected chi connectivity index (χ1v) is 11.3. The number of benzene rings is 2. The second-order valence-corrected chi connectivity index (χ2v) is 7.66. The van der Waals surface area contributed by atoms with Gasteiger partial charge in [0.25, 0.3) is 11.5 Å². The van der Waals surface area contributed by atoms with E-state index >= 15 is 0 Å². The maximum Gasteiger partial charge on any atom is 0.264 e. The number of carbonyl (C=O) groups is 1. The third-order valence-electron chi connectivity index (χ3n) is 5.34. The Morgan fingerprint density at radius 3 is 2.63 bits per heavy atom. The zero-order valence-corrected chi connectivity index (χ0v) is 19.5. The van der Waals surface area contributed by atoms with Crippen LogP contribution in [0.4, 0.5) is 4.39 Å². The Kier molecular flexibility index (Phi) is 7.39. The molecule has 0 bridgehead atoms. The van der Waals surface area contributed by atoms with Gasteiger partial charge in [0, 0.05) is 17.7 Å². The lowest BCUT2D eigenvalue weighted by Crippen LogP contribution is -2.28. The van der Waals surface area contributed by atoms with Crippen LogP contribution in [0.1, 0.15) is 29.8 Å². The standard InChI is InChI=1S/C25H26FN5O4/c1-3-34-21-10-9-17(13-22(21)35-4-2)24(32)27-11-12-31-23-19(14-29-31)25(33)30(16-28-23)15-18-7-5-6-8-20(18)26/h5-10,13-14,16H,3-4,11-12,15H2,1-2H3,(H,27,32). The highest BCUT2D eigenvalue weighted by molar-refractivity contribution is 5.94. The average Bonchev–Trinajstić information content (AvgIpc) is 3.27. The molecule has 0 radical (unpaired) electrons. The van der Waals surface area contributed by atoms with E-state index in [0.717, 1.165) is 0 Å². The number of halogens is 1. The highest BCUT2D eigenvalue weighted by atomic mass is 19.1. The molecule has 2 heterocycles. The Hall–Kier alpha value is -4.21. The van der Waals surface area contributed by atoms with Crippen LogP contribution in [0.25, 0.3) is 11.0 Å². The average molecular weight is 480 g/mol. The van der Waals surface area contributed by atoms with Gasteiger partial charge < -0.3 is 14.8 Å². The van der Waals surface area contributed by atoms with E-state index in [-0.39, 0.29) is 30.4 Å². The number of rotatable bonds is 10. The number of carbonyl (C=O) groups excluding carboxylic acids is 1. The van der Waals surface area contributed by atoms with Crippen molar-refractivity contribution in [2.45, 2.75) is 26.9 Å². The third kappa shape index (κ3) is 5.32. The molecule has 182 valence electrons. The third-order valence-corrected chi connectivity index (χ3v) is 5.34. The SMILES string of the molecule is CCOc1ccc(C(=O)NCCn2ncc3c(=O)n(Cc4ccccc4F)cnc32)cc1OCC. The van der Waals surface area contributed by atoms with Crippen molar-refractivity contribution >= 4 is 16.9 Å². The van der Waals surface area contributed by atoms with E-state index in [1.54, 1.807) is 41.1 Å². The molecule has 2 aromatic carbocycles. The lowest BCUT2D eigenvalue weighted by molar-refractivity contribution is 0.0951. The van der Waals surface area contributed by atoms with Crippen LogP contribution in [0.5, 0.6) is 11.5 Å². The minimum Gasteiger partial charge on any atom is -0.490 e. The van der Waals surface area contributed by atoms with Crippen molar-refractivity contribution in [1.29, 1.82) is 0 Å². The molecule has 0 fully saturated rings. The predicted octanol–water partition coefficient (Wildman–Crippen LogP) is 3.01. The normalized spacial score (nSPS) is 10.9. The van der Waals surface area contributed by atoms with Gasteiger partial charge in [-0.3, -0.25) is 14.2 Å². The molecule has 0 aliphatic heterocycles. The number of fused-ring (bicyclic) bond motifs is 1. The van der Waals surface area contributed by atoms with Crippen LogP contribution in [0.2, 0.25) is 0 Å². The summed E-state index contributed by atoms with van der Waals surface area (Å²) in [4.78, 5) is 29.8. The van der Waals surface area contributed by atoms with Crippen LogP contribution in [-0.4, -0.2) is 45.0 Å². The summed E-state index contributed by atoms with van der Waals surface area (Å²) in [5.74, 6) is 0.439. The Morgan fingerprint density at radius 1 is 1.09 bits per heavy atom. The first-order chi connectivity index (χ1) is 17.0. The molecule has 0 spiro atoms. The summed E-state index contributed by atoms with van der Waals surface area (Å²) in [7, 11) is 0. The number of nitrogens with one attached hydrogen (secondary N) is 1. The van der Waals surface area contributed by atoms with Crippen LogP contribution in [-0.2, 0) is 13.1 Å². The number of hydrogen-bond donors (Lipinski definition) is 1. The van der Waals surface area contributed by atoms with Crippen molar-refractivity contribution in [2.75, 3.05) is 19.8 Å². The fraction of sp³-hybridized carbons (Fsp3) is 0.280. The molecule has 0 aliphatic rings. The Morgan fingerprint density at radius 2 is 1.86 bits per heavy atom. The van der Waals surface area contributed by atoms with E-state index in [0.29, 0.717) is 53.4 Å². The molecule has 0 atom stereocenters. The second kappa shape index (κ2) is 10.8. The van der Waals surface area contributed by atoms with E-state index in [1.807, 2.05) is 13.8 Å². The minimum absolute atomic E-state index is 0.0709. The van der Waals surface area contributed by atoms with Crippen molar-refractivity contribution in [3.05, 3.63) is 82.3 Å². The molecule has 1 N–H and O–H groups in total. The number of ether oxygens (including phenoxy) is 2. The largest absolute Gasteiger partial charge is 0.490 e. The fourth-order valence-electron chi connectivity index (χ4n) is 3.65. The molecule has 0 aliphatic carbocycles. The number of amides is 1. The summed E-state index contributed by atoms with van der Waals surface area (Å²) < 4.78 is 28.0. The predicted molar refractivity (Wildman–Crippen MR) is 128 cm³/mol.